The molecule has 30 heavy (non-hydrogen) atoms. The largest absolute Gasteiger partial charge is 0.512 e. The third-order valence-corrected chi connectivity index (χ3v) is 6.86. The van der Waals surface area contributed by atoms with Crippen LogP contribution in [0.25, 0.3) is 0 Å². The monoisotopic (exact) mass is 494 g/mol. The van der Waals surface area contributed by atoms with Crippen LogP contribution in [-0.2, 0) is 20.0 Å². The van der Waals surface area contributed by atoms with Crippen LogP contribution in [0.2, 0.25) is 0 Å². The average Bonchev–Trinajstić information content (AvgIpc) is 2.57. The number of halogens is 6. The first-order valence-corrected chi connectivity index (χ1v) is 12.7. The zero-order valence-corrected chi connectivity index (χ0v) is 18.6. The van der Waals surface area contributed by atoms with Crippen LogP contribution in [0.3, 0.4) is 0 Å². The molecule has 0 aliphatic heterocycles. The minimum absolute atomic E-state index is 0.493. The van der Waals surface area contributed by atoms with Gasteiger partial charge in [0.05, 0.1) is 0 Å². The fraction of sp³-hybridized carbons (Fsp3) is 1.00. The third kappa shape index (κ3) is 15.2. The summed E-state index contributed by atoms with van der Waals surface area (Å²) in [7, 11) is -13.2. The first-order chi connectivity index (χ1) is 13.6. The number of hydrogen-bond donors (Lipinski definition) is 2. The molecule has 0 aromatic carbocycles. The predicted octanol–water partition coefficient (Wildman–Crippen LogP) is 4.92. The van der Waals surface area contributed by atoms with Gasteiger partial charge in [0, 0.05) is 0 Å². The third-order valence-electron chi connectivity index (χ3n) is 3.89. The molecule has 0 saturated carbocycles. The van der Waals surface area contributed by atoms with Crippen molar-refractivity contribution in [3.63, 3.8) is 0 Å². The number of nitrogens with two attached hydrogens (primary N) is 1. The summed E-state index contributed by atoms with van der Waals surface area (Å²) in [5, 5.41) is 0. The lowest BCUT2D eigenvalue weighted by Gasteiger charge is -2.11. The molecule has 0 rings (SSSR count). The van der Waals surface area contributed by atoms with Crippen molar-refractivity contribution < 1.29 is 43.2 Å². The lowest BCUT2D eigenvalue weighted by atomic mass is 10.1. The van der Waals surface area contributed by atoms with E-state index in [9.17, 15) is 43.2 Å². The molecule has 0 aromatic rings. The van der Waals surface area contributed by atoms with Crippen molar-refractivity contribution in [2.45, 2.75) is 95.0 Å². The maximum Gasteiger partial charge on any atom is 0.512 e. The lowest BCUT2D eigenvalue weighted by molar-refractivity contribution is -0.0476. The van der Waals surface area contributed by atoms with Crippen molar-refractivity contribution in [1.29, 1.82) is 0 Å². The molecule has 0 aromatic heterocycles. The Hall–Kier alpha value is -0.600. The normalized spacial score (nSPS) is 13.1. The summed E-state index contributed by atoms with van der Waals surface area (Å²) in [4.78, 5) is 0. The van der Waals surface area contributed by atoms with Gasteiger partial charge in [0.15, 0.2) is 0 Å². The second-order valence-electron chi connectivity index (χ2n) is 6.66. The quantitative estimate of drug-likeness (QED) is 0.263. The molecule has 0 aliphatic rings. The molecule has 0 bridgehead atoms. The number of rotatable bonds is 14. The van der Waals surface area contributed by atoms with Gasteiger partial charge in [-0.3, -0.25) is 0 Å². The van der Waals surface area contributed by atoms with E-state index in [1.54, 1.807) is 0 Å². The highest BCUT2D eigenvalue weighted by molar-refractivity contribution is 8.05. The second-order valence-corrected chi connectivity index (χ2v) is 10.3. The van der Waals surface area contributed by atoms with Crippen LogP contribution < -0.4 is 9.86 Å². The molecule has 14 heteroatoms. The molecule has 0 amide bonds. The fourth-order valence-corrected chi connectivity index (χ4v) is 4.14. The number of unbranched alkanes of at least 4 members (excludes halogenated alkanes) is 11. The number of alkyl halides is 6. The van der Waals surface area contributed by atoms with E-state index in [1.165, 1.54) is 77.0 Å². The van der Waals surface area contributed by atoms with Crippen LogP contribution in [0, 0.1) is 0 Å². The lowest BCUT2D eigenvalue weighted by Crippen LogP contribution is -2.45. The molecule has 0 saturated heterocycles. The van der Waals surface area contributed by atoms with Crippen LogP contribution >= 0.6 is 0 Å². The molecule has 0 fully saturated rings. The molecule has 0 heterocycles. The smallest absolute Gasteiger partial charge is 0.330 e. The number of hydrogen-bond acceptors (Lipinski definition) is 5. The first kappa shape index (κ1) is 31.6. The van der Waals surface area contributed by atoms with Crippen LogP contribution in [0.4, 0.5) is 26.3 Å². The Morgan fingerprint density at radius 2 is 0.867 bits per heavy atom. The Morgan fingerprint density at radius 3 is 1.10 bits per heavy atom. The standard InChI is InChI=1S/C14H31N.C2HF6NO4S2/c1-2-3-4-5-6-7-8-9-10-11-12-13-14-15;3-1(4,5)14(10,11)9-15(12,13)2(6,7)8/h2-15H2,1H3;9H. The van der Waals surface area contributed by atoms with Gasteiger partial charge in [-0.15, -0.1) is 0 Å². The first-order valence-electron chi connectivity index (χ1n) is 9.73. The molecular weight excluding hydrogens is 462 g/mol. The zero-order valence-electron chi connectivity index (χ0n) is 17.0. The molecule has 0 aliphatic carbocycles. The SMILES string of the molecule is CCCCCCCCCCCCCCN.O=S(=O)(NS(=O)(=O)C(F)(F)F)C(F)(F)F. The summed E-state index contributed by atoms with van der Waals surface area (Å²) >= 11 is 0. The topological polar surface area (TPSA) is 106 Å². The van der Waals surface area contributed by atoms with E-state index in [1.807, 2.05) is 0 Å². The van der Waals surface area contributed by atoms with Gasteiger partial charge in [-0.25, -0.2) is 16.8 Å². The maximum absolute atomic E-state index is 11.5. The Kier molecular flexibility index (Phi) is 16.0. The van der Waals surface area contributed by atoms with Crippen molar-refractivity contribution in [3.8, 4) is 0 Å². The van der Waals surface area contributed by atoms with Gasteiger partial charge in [0.2, 0.25) is 0 Å². The summed E-state index contributed by atoms with van der Waals surface area (Å²) in [6.45, 7) is 3.15. The minimum atomic E-state index is -6.60. The number of sulfonamides is 2. The Bertz CT molecular complexity index is 581. The van der Waals surface area contributed by atoms with Crippen molar-refractivity contribution in [3.05, 3.63) is 0 Å². The van der Waals surface area contributed by atoms with Gasteiger partial charge >= 0.3 is 31.1 Å². The summed E-state index contributed by atoms with van der Waals surface area (Å²) in [6.07, 6.45) is 16.9. The average molecular weight is 495 g/mol. The molecule has 0 radical (unpaired) electrons. The van der Waals surface area contributed by atoms with Crippen molar-refractivity contribution in [2.75, 3.05) is 6.54 Å². The van der Waals surface area contributed by atoms with Crippen molar-refractivity contribution in [1.82, 2.24) is 4.13 Å². The highest BCUT2D eigenvalue weighted by atomic mass is 32.3. The molecule has 0 atom stereocenters. The van der Waals surface area contributed by atoms with Crippen LogP contribution in [0.5, 0.6) is 0 Å². The van der Waals surface area contributed by atoms with Gasteiger partial charge in [0.1, 0.15) is 0 Å². The summed E-state index contributed by atoms with van der Waals surface area (Å²) in [5.74, 6) is 0. The molecule has 0 unspecified atom stereocenters. The van der Waals surface area contributed by atoms with Crippen LogP contribution in [-0.4, -0.2) is 34.4 Å². The van der Waals surface area contributed by atoms with Crippen molar-refractivity contribution in [2.24, 2.45) is 5.73 Å². The van der Waals surface area contributed by atoms with E-state index < -0.39 is 35.2 Å². The molecule has 0 spiro atoms. The maximum atomic E-state index is 11.5. The molecule has 3 N–H and O–H groups in total. The minimum Gasteiger partial charge on any atom is -0.330 e. The second kappa shape index (κ2) is 15.2. The van der Waals surface area contributed by atoms with Gasteiger partial charge in [-0.05, 0) is 13.0 Å². The zero-order chi connectivity index (χ0) is 23.9. The van der Waals surface area contributed by atoms with Gasteiger partial charge in [0.25, 0.3) is 0 Å². The summed E-state index contributed by atoms with van der Waals surface area (Å²) in [5.41, 5.74) is -6.85. The predicted molar refractivity (Wildman–Crippen MR) is 103 cm³/mol. The fourth-order valence-electron chi connectivity index (χ4n) is 2.22. The Labute approximate surface area is 175 Å². The molecular formula is C16H32F6N2O4S2. The Balaban J connectivity index is 0. The van der Waals surface area contributed by atoms with Gasteiger partial charge in [-0.2, -0.15) is 26.3 Å². The highest BCUT2D eigenvalue weighted by Gasteiger charge is 2.55. The van der Waals surface area contributed by atoms with E-state index in [-0.39, 0.29) is 0 Å². The van der Waals surface area contributed by atoms with Crippen LogP contribution in [0.15, 0.2) is 0 Å². The highest BCUT2D eigenvalue weighted by Crippen LogP contribution is 2.27. The van der Waals surface area contributed by atoms with E-state index in [0.29, 0.717) is 0 Å². The summed E-state index contributed by atoms with van der Waals surface area (Å²) in [6, 6.07) is 0. The van der Waals surface area contributed by atoms with Crippen LogP contribution in [0.1, 0.15) is 84.0 Å². The van der Waals surface area contributed by atoms with Gasteiger partial charge in [-0.1, -0.05) is 81.7 Å². The van der Waals surface area contributed by atoms with Gasteiger partial charge < -0.3 is 5.73 Å². The molecule has 6 nitrogen and oxygen atoms in total. The van der Waals surface area contributed by atoms with E-state index in [0.717, 1.165) is 6.54 Å². The van der Waals surface area contributed by atoms with Crippen molar-refractivity contribution >= 4 is 20.0 Å². The molecule has 184 valence electrons. The Morgan fingerprint density at radius 1 is 0.600 bits per heavy atom. The number of nitrogens with one attached hydrogen (secondary N) is 1. The van der Waals surface area contributed by atoms with E-state index in [2.05, 4.69) is 6.92 Å². The van der Waals surface area contributed by atoms with E-state index >= 15 is 0 Å². The summed E-state index contributed by atoms with van der Waals surface area (Å²) < 4.78 is 108. The van der Waals surface area contributed by atoms with E-state index in [4.69, 9.17) is 5.73 Å².